The summed E-state index contributed by atoms with van der Waals surface area (Å²) in [6.45, 7) is 1.17. The van der Waals surface area contributed by atoms with Gasteiger partial charge in [0.25, 0.3) is 0 Å². The van der Waals surface area contributed by atoms with Gasteiger partial charge in [0.15, 0.2) is 0 Å². The molecule has 0 unspecified atom stereocenters. The molecule has 5 heteroatoms. The summed E-state index contributed by atoms with van der Waals surface area (Å²) in [5.74, 6) is 1.31. The predicted molar refractivity (Wildman–Crippen MR) is 112 cm³/mol. The van der Waals surface area contributed by atoms with Gasteiger partial charge in [0.2, 0.25) is 10.0 Å². The second-order valence-electron chi connectivity index (χ2n) is 7.41. The third-order valence-electron chi connectivity index (χ3n) is 5.60. The van der Waals surface area contributed by atoms with Gasteiger partial charge in [0.05, 0.1) is 12.0 Å². The fourth-order valence-corrected chi connectivity index (χ4v) is 5.45. The molecule has 1 aliphatic heterocycles. The highest BCUT2D eigenvalue weighted by molar-refractivity contribution is 7.89. The molecule has 0 atom stereocenters. The van der Waals surface area contributed by atoms with Crippen LogP contribution < -0.4 is 4.74 Å². The Bertz CT molecular complexity index is 1060. The highest BCUT2D eigenvalue weighted by Gasteiger charge is 2.29. The van der Waals surface area contributed by atoms with Gasteiger partial charge in [-0.2, -0.15) is 4.31 Å². The second-order valence-corrected chi connectivity index (χ2v) is 9.35. The molecule has 3 aromatic rings. The van der Waals surface area contributed by atoms with Crippen LogP contribution in [-0.4, -0.2) is 32.9 Å². The van der Waals surface area contributed by atoms with E-state index in [1.54, 1.807) is 23.5 Å². The van der Waals surface area contributed by atoms with Crippen molar-refractivity contribution in [1.82, 2.24) is 4.31 Å². The van der Waals surface area contributed by atoms with Crippen molar-refractivity contribution in [2.75, 3.05) is 20.2 Å². The number of sulfonamides is 1. The van der Waals surface area contributed by atoms with E-state index >= 15 is 0 Å². The quantitative estimate of drug-likeness (QED) is 0.639. The number of fused-ring (bicyclic) bond motifs is 1. The van der Waals surface area contributed by atoms with E-state index in [9.17, 15) is 8.42 Å². The minimum Gasteiger partial charge on any atom is -0.497 e. The number of methoxy groups -OCH3 is 1. The van der Waals surface area contributed by atoms with Crippen molar-refractivity contribution in [3.63, 3.8) is 0 Å². The average Bonchev–Trinajstić information content (AvgIpc) is 2.74. The van der Waals surface area contributed by atoms with Gasteiger partial charge in [-0.05, 0) is 65.8 Å². The molecule has 146 valence electrons. The molecule has 0 aliphatic carbocycles. The molecule has 3 aromatic carbocycles. The molecule has 1 heterocycles. The van der Waals surface area contributed by atoms with E-state index in [1.165, 1.54) is 5.56 Å². The number of ether oxygens (including phenoxy) is 1. The summed E-state index contributed by atoms with van der Waals surface area (Å²) in [5, 5.41) is 1.88. The molecular weight excluding hydrogens is 370 g/mol. The summed E-state index contributed by atoms with van der Waals surface area (Å²) in [5.41, 5.74) is 1.33. The smallest absolute Gasteiger partial charge is 0.243 e. The molecule has 1 aliphatic rings. The monoisotopic (exact) mass is 395 g/mol. The van der Waals surface area contributed by atoms with E-state index in [0.29, 0.717) is 23.9 Å². The molecule has 0 aromatic heterocycles. The van der Waals surface area contributed by atoms with Gasteiger partial charge >= 0.3 is 0 Å². The van der Waals surface area contributed by atoms with Crippen LogP contribution in [0.5, 0.6) is 5.75 Å². The molecule has 0 amide bonds. The highest BCUT2D eigenvalue weighted by Crippen LogP contribution is 2.29. The summed E-state index contributed by atoms with van der Waals surface area (Å²) in [4.78, 5) is 0.367. The van der Waals surface area contributed by atoms with Crippen LogP contribution in [0.2, 0.25) is 0 Å². The molecule has 0 bridgehead atoms. The SMILES string of the molecule is COc1ccc2cc(S(=O)(=O)N3CCC(Cc4ccccc4)CC3)ccc2c1. The van der Waals surface area contributed by atoms with Crippen molar-refractivity contribution in [3.8, 4) is 5.75 Å². The van der Waals surface area contributed by atoms with E-state index in [4.69, 9.17) is 4.74 Å². The molecule has 1 saturated heterocycles. The summed E-state index contributed by atoms with van der Waals surface area (Å²) in [7, 11) is -1.84. The van der Waals surface area contributed by atoms with Gasteiger partial charge in [-0.3, -0.25) is 0 Å². The number of rotatable bonds is 5. The Morgan fingerprint density at radius 3 is 2.32 bits per heavy atom. The van der Waals surface area contributed by atoms with Crippen molar-refractivity contribution in [2.24, 2.45) is 5.92 Å². The number of hydrogen-bond acceptors (Lipinski definition) is 3. The maximum absolute atomic E-state index is 13.1. The summed E-state index contributed by atoms with van der Waals surface area (Å²) in [6, 6.07) is 21.4. The molecule has 4 rings (SSSR count). The van der Waals surface area contributed by atoms with Crippen molar-refractivity contribution in [2.45, 2.75) is 24.2 Å². The number of hydrogen-bond donors (Lipinski definition) is 0. The van der Waals surface area contributed by atoms with Gasteiger partial charge < -0.3 is 4.74 Å². The lowest BCUT2D eigenvalue weighted by molar-refractivity contribution is 0.273. The molecule has 1 fully saturated rings. The number of benzene rings is 3. The fraction of sp³-hybridized carbons (Fsp3) is 0.304. The highest BCUT2D eigenvalue weighted by atomic mass is 32.2. The second kappa shape index (κ2) is 7.94. The third-order valence-corrected chi connectivity index (χ3v) is 7.49. The van der Waals surface area contributed by atoms with E-state index in [-0.39, 0.29) is 0 Å². The Kier molecular flexibility index (Phi) is 5.38. The summed E-state index contributed by atoms with van der Waals surface area (Å²) in [6.07, 6.45) is 2.82. The van der Waals surface area contributed by atoms with E-state index in [1.807, 2.05) is 30.3 Å². The maximum Gasteiger partial charge on any atom is 0.243 e. The van der Waals surface area contributed by atoms with Gasteiger partial charge in [0, 0.05) is 13.1 Å². The van der Waals surface area contributed by atoms with Crippen LogP contribution in [-0.2, 0) is 16.4 Å². The van der Waals surface area contributed by atoms with Crippen LogP contribution in [0.25, 0.3) is 10.8 Å². The van der Waals surface area contributed by atoms with Crippen molar-refractivity contribution >= 4 is 20.8 Å². The first-order valence-corrected chi connectivity index (χ1v) is 11.1. The van der Waals surface area contributed by atoms with E-state index in [0.717, 1.165) is 35.8 Å². The number of piperidine rings is 1. The first kappa shape index (κ1) is 19.0. The Labute approximate surface area is 166 Å². The third kappa shape index (κ3) is 3.91. The average molecular weight is 396 g/mol. The zero-order valence-corrected chi connectivity index (χ0v) is 16.9. The summed E-state index contributed by atoms with van der Waals surface area (Å²) >= 11 is 0. The van der Waals surface area contributed by atoms with Gasteiger partial charge in [-0.15, -0.1) is 0 Å². The lowest BCUT2D eigenvalue weighted by Gasteiger charge is -2.31. The fourth-order valence-electron chi connectivity index (χ4n) is 3.94. The Balaban J connectivity index is 1.47. The first-order valence-electron chi connectivity index (χ1n) is 9.68. The summed E-state index contributed by atoms with van der Waals surface area (Å²) < 4.78 is 33.1. The molecule has 28 heavy (non-hydrogen) atoms. The predicted octanol–water partition coefficient (Wildman–Crippen LogP) is 4.49. The molecule has 0 saturated carbocycles. The lowest BCUT2D eigenvalue weighted by atomic mass is 9.91. The van der Waals surface area contributed by atoms with Gasteiger partial charge in [0.1, 0.15) is 5.75 Å². The molecule has 0 radical (unpaired) electrons. The van der Waals surface area contributed by atoms with Crippen LogP contribution in [0.15, 0.2) is 71.6 Å². The van der Waals surface area contributed by atoms with E-state index < -0.39 is 10.0 Å². The topological polar surface area (TPSA) is 46.6 Å². The zero-order chi connectivity index (χ0) is 19.6. The van der Waals surface area contributed by atoms with Crippen molar-refractivity contribution in [1.29, 1.82) is 0 Å². The standard InChI is InChI=1S/C23H25NO3S/c1-27-22-9-7-21-17-23(10-8-20(21)16-22)28(25,26)24-13-11-19(12-14-24)15-18-5-3-2-4-6-18/h2-10,16-17,19H,11-15H2,1H3. The maximum atomic E-state index is 13.1. The van der Waals surface area contributed by atoms with E-state index in [2.05, 4.69) is 24.3 Å². The van der Waals surface area contributed by atoms with Crippen LogP contribution >= 0.6 is 0 Å². The minimum atomic E-state index is -3.46. The number of nitrogens with zero attached hydrogens (tertiary/aromatic N) is 1. The molecular formula is C23H25NO3S. The normalized spacial score (nSPS) is 16.3. The van der Waals surface area contributed by atoms with Crippen LogP contribution in [0.1, 0.15) is 18.4 Å². The minimum absolute atomic E-state index is 0.367. The van der Waals surface area contributed by atoms with Crippen LogP contribution in [0.4, 0.5) is 0 Å². The lowest BCUT2D eigenvalue weighted by Crippen LogP contribution is -2.38. The van der Waals surface area contributed by atoms with Crippen LogP contribution in [0.3, 0.4) is 0 Å². The van der Waals surface area contributed by atoms with Crippen LogP contribution in [0, 0.1) is 5.92 Å². The molecule has 4 nitrogen and oxygen atoms in total. The Morgan fingerprint density at radius 1 is 0.929 bits per heavy atom. The first-order chi connectivity index (χ1) is 13.6. The molecule has 0 N–H and O–H groups in total. The Morgan fingerprint density at radius 2 is 1.61 bits per heavy atom. The zero-order valence-electron chi connectivity index (χ0n) is 16.0. The van der Waals surface area contributed by atoms with Crippen molar-refractivity contribution < 1.29 is 13.2 Å². The van der Waals surface area contributed by atoms with Gasteiger partial charge in [-0.1, -0.05) is 42.5 Å². The Hall–Kier alpha value is -2.37. The largest absolute Gasteiger partial charge is 0.497 e. The van der Waals surface area contributed by atoms with Crippen molar-refractivity contribution in [3.05, 3.63) is 72.3 Å². The molecule has 0 spiro atoms. The van der Waals surface area contributed by atoms with Gasteiger partial charge in [-0.25, -0.2) is 8.42 Å².